The zero-order chi connectivity index (χ0) is 18.4. The summed E-state index contributed by atoms with van der Waals surface area (Å²) in [4.78, 5) is 24.5. The molecular formula is C18H22N2O5. The van der Waals surface area contributed by atoms with Gasteiger partial charge in [-0.2, -0.15) is 5.26 Å². The fourth-order valence-electron chi connectivity index (χ4n) is 2.85. The number of carbonyl (C=O) groups is 2. The zero-order valence-corrected chi connectivity index (χ0v) is 14.4. The van der Waals surface area contributed by atoms with Gasteiger partial charge in [-0.05, 0) is 31.9 Å². The maximum Gasteiger partial charge on any atom is 0.342 e. The lowest BCUT2D eigenvalue weighted by molar-refractivity contribution is -0.130. The molecule has 1 fully saturated rings. The largest absolute Gasteiger partial charge is 0.507 e. The summed E-state index contributed by atoms with van der Waals surface area (Å²) < 4.78 is 10.1. The third-order valence-electron chi connectivity index (χ3n) is 4.36. The number of aromatic hydroxyl groups is 1. The molecule has 1 aromatic rings. The fraction of sp³-hybridized carbons (Fsp3) is 0.500. The van der Waals surface area contributed by atoms with Crippen LogP contribution in [0.5, 0.6) is 11.5 Å². The van der Waals surface area contributed by atoms with Crippen molar-refractivity contribution in [2.75, 3.05) is 7.11 Å². The SMILES string of the molecule is COc1ccc(C(=O)O[C@@H](C)C(=O)NC2(C#N)CCCCC2)c(O)c1. The molecule has 1 aromatic carbocycles. The number of benzene rings is 1. The number of carbonyl (C=O) groups excluding carboxylic acids is 2. The summed E-state index contributed by atoms with van der Waals surface area (Å²) in [5.41, 5.74) is -0.953. The number of amides is 1. The van der Waals surface area contributed by atoms with Gasteiger partial charge >= 0.3 is 5.97 Å². The van der Waals surface area contributed by atoms with Gasteiger partial charge in [0, 0.05) is 6.07 Å². The third-order valence-corrected chi connectivity index (χ3v) is 4.36. The van der Waals surface area contributed by atoms with Gasteiger partial charge in [0.1, 0.15) is 22.6 Å². The number of nitrogens with zero attached hydrogens (tertiary/aromatic N) is 1. The van der Waals surface area contributed by atoms with Gasteiger partial charge in [0.15, 0.2) is 6.10 Å². The number of esters is 1. The van der Waals surface area contributed by atoms with Gasteiger partial charge < -0.3 is 19.9 Å². The van der Waals surface area contributed by atoms with Crippen molar-refractivity contribution in [3.05, 3.63) is 23.8 Å². The first kappa shape index (κ1) is 18.6. The molecular weight excluding hydrogens is 324 g/mol. The Labute approximate surface area is 146 Å². The van der Waals surface area contributed by atoms with E-state index in [1.54, 1.807) is 0 Å². The summed E-state index contributed by atoms with van der Waals surface area (Å²) in [6.45, 7) is 1.43. The van der Waals surface area contributed by atoms with Crippen molar-refractivity contribution in [1.29, 1.82) is 5.26 Å². The molecule has 1 saturated carbocycles. The van der Waals surface area contributed by atoms with Crippen LogP contribution in [-0.4, -0.2) is 35.7 Å². The molecule has 1 amide bonds. The minimum absolute atomic E-state index is 0.0619. The van der Waals surface area contributed by atoms with E-state index >= 15 is 0 Å². The maximum atomic E-state index is 12.3. The van der Waals surface area contributed by atoms with E-state index in [1.807, 2.05) is 0 Å². The van der Waals surface area contributed by atoms with E-state index in [1.165, 1.54) is 32.2 Å². The molecule has 7 heteroatoms. The molecule has 2 rings (SSSR count). The lowest BCUT2D eigenvalue weighted by Gasteiger charge is -2.32. The van der Waals surface area contributed by atoms with E-state index in [9.17, 15) is 20.0 Å². The van der Waals surface area contributed by atoms with E-state index in [2.05, 4.69) is 11.4 Å². The third kappa shape index (κ3) is 4.41. The second-order valence-corrected chi connectivity index (χ2v) is 6.17. The minimum atomic E-state index is -1.08. The Bertz CT molecular complexity index is 689. The van der Waals surface area contributed by atoms with Crippen LogP contribution in [0, 0.1) is 11.3 Å². The first-order valence-electron chi connectivity index (χ1n) is 8.22. The molecule has 134 valence electrons. The summed E-state index contributed by atoms with van der Waals surface area (Å²) in [5.74, 6) is -1.24. The number of phenolic OH excluding ortho intramolecular Hbond substituents is 1. The van der Waals surface area contributed by atoms with Crippen molar-refractivity contribution >= 4 is 11.9 Å². The van der Waals surface area contributed by atoms with Crippen molar-refractivity contribution in [3.8, 4) is 17.6 Å². The number of ether oxygens (including phenoxy) is 2. The molecule has 0 bridgehead atoms. The van der Waals surface area contributed by atoms with Crippen LogP contribution < -0.4 is 10.1 Å². The highest BCUT2D eigenvalue weighted by atomic mass is 16.5. The van der Waals surface area contributed by atoms with Crippen LogP contribution >= 0.6 is 0 Å². The standard InChI is InChI=1S/C18H22N2O5/c1-12(16(22)20-18(11-19)8-4-3-5-9-18)25-17(23)14-7-6-13(24-2)10-15(14)21/h6-7,10,12,21H,3-5,8-9H2,1-2H3,(H,20,22)/t12-/m0/s1. The molecule has 1 aliphatic carbocycles. The summed E-state index contributed by atoms with van der Waals surface area (Å²) in [6, 6.07) is 6.34. The van der Waals surface area contributed by atoms with Crippen molar-refractivity contribution in [3.63, 3.8) is 0 Å². The molecule has 1 atom stereocenters. The normalized spacial score (nSPS) is 17.0. The minimum Gasteiger partial charge on any atom is -0.507 e. The van der Waals surface area contributed by atoms with Crippen LogP contribution in [0.1, 0.15) is 49.4 Å². The highest BCUT2D eigenvalue weighted by molar-refractivity contribution is 5.94. The first-order valence-corrected chi connectivity index (χ1v) is 8.22. The average molecular weight is 346 g/mol. The quantitative estimate of drug-likeness (QED) is 0.792. The van der Waals surface area contributed by atoms with Crippen LogP contribution in [0.4, 0.5) is 0 Å². The number of rotatable bonds is 5. The van der Waals surface area contributed by atoms with E-state index < -0.39 is 23.5 Å². The summed E-state index contributed by atoms with van der Waals surface area (Å²) in [6.07, 6.45) is 2.90. The highest BCUT2D eigenvalue weighted by Gasteiger charge is 2.35. The maximum absolute atomic E-state index is 12.3. The Kier molecular flexibility index (Phi) is 5.86. The Hall–Kier alpha value is -2.75. The fourth-order valence-corrected chi connectivity index (χ4v) is 2.85. The van der Waals surface area contributed by atoms with Gasteiger partial charge in [0.25, 0.3) is 5.91 Å². The second-order valence-electron chi connectivity index (χ2n) is 6.17. The molecule has 7 nitrogen and oxygen atoms in total. The Balaban J connectivity index is 2.01. The van der Waals surface area contributed by atoms with E-state index in [0.717, 1.165) is 19.3 Å². The van der Waals surface area contributed by atoms with Gasteiger partial charge in [0.2, 0.25) is 0 Å². The number of hydrogen-bond donors (Lipinski definition) is 2. The van der Waals surface area contributed by atoms with E-state index in [-0.39, 0.29) is 11.3 Å². The Morgan fingerprint density at radius 1 is 1.32 bits per heavy atom. The second kappa shape index (κ2) is 7.88. The highest BCUT2D eigenvalue weighted by Crippen LogP contribution is 2.28. The Morgan fingerprint density at radius 3 is 2.56 bits per heavy atom. The first-order chi connectivity index (χ1) is 11.9. The Morgan fingerprint density at radius 2 is 2.00 bits per heavy atom. The van der Waals surface area contributed by atoms with Crippen LogP contribution in [0.3, 0.4) is 0 Å². The lowest BCUT2D eigenvalue weighted by atomic mass is 9.83. The number of phenols is 1. The topological polar surface area (TPSA) is 109 Å². The lowest BCUT2D eigenvalue weighted by Crippen LogP contribution is -2.52. The molecule has 25 heavy (non-hydrogen) atoms. The molecule has 1 aliphatic rings. The molecule has 0 aromatic heterocycles. The number of methoxy groups -OCH3 is 1. The van der Waals surface area contributed by atoms with Crippen molar-refractivity contribution in [1.82, 2.24) is 5.32 Å². The molecule has 0 spiro atoms. The number of hydrogen-bond acceptors (Lipinski definition) is 6. The average Bonchev–Trinajstić information content (AvgIpc) is 2.62. The number of nitriles is 1. The number of nitrogens with one attached hydrogen (secondary N) is 1. The van der Waals surface area contributed by atoms with E-state index in [0.29, 0.717) is 18.6 Å². The predicted octanol–water partition coefficient (Wildman–Crippen LogP) is 2.29. The summed E-state index contributed by atoms with van der Waals surface area (Å²) in [7, 11) is 1.44. The van der Waals surface area contributed by atoms with Crippen LogP contribution in [0.2, 0.25) is 0 Å². The van der Waals surface area contributed by atoms with Gasteiger partial charge in [-0.3, -0.25) is 4.79 Å². The molecule has 0 heterocycles. The molecule has 0 saturated heterocycles. The summed E-state index contributed by atoms with van der Waals surface area (Å²) in [5, 5.41) is 22.0. The monoisotopic (exact) mass is 346 g/mol. The zero-order valence-electron chi connectivity index (χ0n) is 14.4. The molecule has 0 radical (unpaired) electrons. The van der Waals surface area contributed by atoms with Gasteiger partial charge in [0.05, 0.1) is 13.2 Å². The van der Waals surface area contributed by atoms with Crippen molar-refractivity contribution in [2.24, 2.45) is 0 Å². The van der Waals surface area contributed by atoms with Crippen LogP contribution in [0.25, 0.3) is 0 Å². The molecule has 0 unspecified atom stereocenters. The molecule has 2 N–H and O–H groups in total. The van der Waals surface area contributed by atoms with Gasteiger partial charge in [-0.1, -0.05) is 19.3 Å². The smallest absolute Gasteiger partial charge is 0.342 e. The van der Waals surface area contributed by atoms with Crippen LogP contribution in [0.15, 0.2) is 18.2 Å². The van der Waals surface area contributed by atoms with Crippen LogP contribution in [-0.2, 0) is 9.53 Å². The van der Waals surface area contributed by atoms with E-state index in [4.69, 9.17) is 9.47 Å². The predicted molar refractivity (Wildman–Crippen MR) is 89.1 cm³/mol. The summed E-state index contributed by atoms with van der Waals surface area (Å²) >= 11 is 0. The van der Waals surface area contributed by atoms with Gasteiger partial charge in [-0.15, -0.1) is 0 Å². The van der Waals surface area contributed by atoms with Crippen molar-refractivity contribution in [2.45, 2.75) is 50.7 Å². The van der Waals surface area contributed by atoms with Gasteiger partial charge in [-0.25, -0.2) is 4.79 Å². The molecule has 0 aliphatic heterocycles. The van der Waals surface area contributed by atoms with Crippen molar-refractivity contribution < 1.29 is 24.2 Å².